The maximum absolute atomic E-state index is 11.8. The number of primary amides is 1. The van der Waals surface area contributed by atoms with Crippen LogP contribution in [-0.4, -0.2) is 37.4 Å². The van der Waals surface area contributed by atoms with Crippen molar-refractivity contribution in [3.8, 4) is 5.95 Å². The van der Waals surface area contributed by atoms with Gasteiger partial charge in [-0.2, -0.15) is 5.10 Å². The minimum atomic E-state index is -0.654. The third-order valence-electron chi connectivity index (χ3n) is 3.91. The Morgan fingerprint density at radius 2 is 2.04 bits per heavy atom. The van der Waals surface area contributed by atoms with Crippen LogP contribution >= 0.6 is 0 Å². The molecule has 0 bridgehead atoms. The van der Waals surface area contributed by atoms with Crippen molar-refractivity contribution in [1.29, 1.82) is 0 Å². The molecular weight excluding hydrogens is 320 g/mol. The van der Waals surface area contributed by atoms with E-state index in [0.717, 1.165) is 11.1 Å². The van der Waals surface area contributed by atoms with Gasteiger partial charge in [0.15, 0.2) is 0 Å². The van der Waals surface area contributed by atoms with Crippen molar-refractivity contribution >= 4 is 5.91 Å². The number of aliphatic hydroxyl groups excluding tert-OH is 1. The minimum absolute atomic E-state index is 0.165. The van der Waals surface area contributed by atoms with E-state index in [1.807, 2.05) is 24.3 Å². The average molecular weight is 338 g/mol. The van der Waals surface area contributed by atoms with Crippen LogP contribution in [0.3, 0.4) is 0 Å². The Morgan fingerprint density at radius 3 is 2.60 bits per heavy atom. The molecule has 0 spiro atoms. The Hall–Kier alpha value is -3.10. The van der Waals surface area contributed by atoms with Gasteiger partial charge in [-0.1, -0.05) is 24.3 Å². The zero-order valence-corrected chi connectivity index (χ0v) is 13.4. The number of amides is 1. The number of carbonyl (C=O) groups excluding carboxylic acids is 1. The summed E-state index contributed by atoms with van der Waals surface area (Å²) < 4.78 is 1.47. The van der Waals surface area contributed by atoms with E-state index in [-0.39, 0.29) is 12.2 Å². The van der Waals surface area contributed by atoms with E-state index in [4.69, 9.17) is 11.5 Å². The van der Waals surface area contributed by atoms with Crippen LogP contribution in [0.25, 0.3) is 5.95 Å². The Morgan fingerprint density at radius 1 is 1.28 bits per heavy atom. The molecule has 3 aromatic rings. The first-order chi connectivity index (χ1) is 12.1. The predicted octanol–water partition coefficient (Wildman–Crippen LogP) is 0.344. The van der Waals surface area contributed by atoms with Crippen molar-refractivity contribution in [2.75, 3.05) is 6.61 Å². The van der Waals surface area contributed by atoms with Crippen LogP contribution in [0.1, 0.15) is 33.1 Å². The van der Waals surface area contributed by atoms with Crippen molar-refractivity contribution in [1.82, 2.24) is 19.7 Å². The molecule has 5 N–H and O–H groups in total. The zero-order valence-electron chi connectivity index (χ0n) is 13.4. The van der Waals surface area contributed by atoms with Crippen molar-refractivity contribution in [2.24, 2.45) is 11.5 Å². The van der Waals surface area contributed by atoms with Gasteiger partial charge in [0.05, 0.1) is 23.8 Å². The first kappa shape index (κ1) is 16.7. The van der Waals surface area contributed by atoms with Crippen LogP contribution in [0, 0.1) is 0 Å². The highest BCUT2D eigenvalue weighted by Crippen LogP contribution is 2.26. The van der Waals surface area contributed by atoms with Crippen LogP contribution in [0.4, 0.5) is 0 Å². The van der Waals surface area contributed by atoms with Crippen molar-refractivity contribution in [3.63, 3.8) is 0 Å². The Bertz CT molecular complexity index is 861. The molecule has 25 heavy (non-hydrogen) atoms. The summed E-state index contributed by atoms with van der Waals surface area (Å²) >= 11 is 0. The molecule has 1 aromatic carbocycles. The van der Waals surface area contributed by atoms with Crippen LogP contribution < -0.4 is 11.5 Å². The zero-order chi connectivity index (χ0) is 17.8. The number of rotatable bonds is 6. The molecule has 1 amide bonds. The third kappa shape index (κ3) is 3.39. The van der Waals surface area contributed by atoms with Gasteiger partial charge < -0.3 is 16.6 Å². The van der Waals surface area contributed by atoms with Gasteiger partial charge in [-0.15, -0.1) is 0 Å². The number of aliphatic hydroxyl groups is 1. The van der Waals surface area contributed by atoms with Gasteiger partial charge in [0.2, 0.25) is 0 Å². The fraction of sp³-hybridized carbons (Fsp3) is 0.176. The SMILES string of the molecule is NCc1ccc([C@@H](CO)c2nc(-n3cccn3)ncc2C(N)=O)cc1. The van der Waals surface area contributed by atoms with Crippen LogP contribution in [0.15, 0.2) is 48.9 Å². The number of carbonyl (C=O) groups is 1. The summed E-state index contributed by atoms with van der Waals surface area (Å²) in [6, 6.07) is 9.18. The van der Waals surface area contributed by atoms with Gasteiger partial charge in [0, 0.05) is 25.1 Å². The third-order valence-corrected chi connectivity index (χ3v) is 3.91. The van der Waals surface area contributed by atoms with Gasteiger partial charge in [0.1, 0.15) is 0 Å². The number of nitrogens with zero attached hydrogens (tertiary/aromatic N) is 4. The molecule has 2 aromatic heterocycles. The molecule has 0 fully saturated rings. The maximum Gasteiger partial charge on any atom is 0.252 e. The summed E-state index contributed by atoms with van der Waals surface area (Å²) in [4.78, 5) is 20.4. The smallest absolute Gasteiger partial charge is 0.252 e. The van der Waals surface area contributed by atoms with Crippen LogP contribution in [-0.2, 0) is 6.54 Å². The molecule has 1 atom stereocenters. The molecular formula is C17H18N6O2. The lowest BCUT2D eigenvalue weighted by molar-refractivity contribution is 0.0998. The topological polar surface area (TPSA) is 133 Å². The number of nitrogens with two attached hydrogens (primary N) is 2. The van der Waals surface area contributed by atoms with E-state index >= 15 is 0 Å². The second kappa shape index (κ2) is 7.20. The molecule has 0 aliphatic rings. The molecule has 8 heteroatoms. The molecule has 0 unspecified atom stereocenters. The normalized spacial score (nSPS) is 12.1. The largest absolute Gasteiger partial charge is 0.395 e. The van der Waals surface area contributed by atoms with Crippen LogP contribution in [0.5, 0.6) is 0 Å². The van der Waals surface area contributed by atoms with Crippen molar-refractivity contribution in [2.45, 2.75) is 12.5 Å². The van der Waals surface area contributed by atoms with Gasteiger partial charge in [-0.25, -0.2) is 14.6 Å². The summed E-state index contributed by atoms with van der Waals surface area (Å²) in [6.07, 6.45) is 4.64. The van der Waals surface area contributed by atoms with Gasteiger partial charge in [-0.3, -0.25) is 4.79 Å². The summed E-state index contributed by atoms with van der Waals surface area (Å²) in [5.41, 5.74) is 13.4. The van der Waals surface area contributed by atoms with E-state index in [2.05, 4.69) is 15.1 Å². The number of aromatic nitrogens is 4. The number of hydrogen-bond donors (Lipinski definition) is 3. The first-order valence-corrected chi connectivity index (χ1v) is 7.70. The quantitative estimate of drug-likeness (QED) is 0.594. The minimum Gasteiger partial charge on any atom is -0.395 e. The highest BCUT2D eigenvalue weighted by atomic mass is 16.3. The lowest BCUT2D eigenvalue weighted by Crippen LogP contribution is -2.21. The summed E-state index contributed by atoms with van der Waals surface area (Å²) in [5, 5.41) is 14.0. The summed E-state index contributed by atoms with van der Waals surface area (Å²) in [7, 11) is 0. The van der Waals surface area contributed by atoms with Gasteiger partial charge in [0.25, 0.3) is 11.9 Å². The van der Waals surface area contributed by atoms with E-state index in [1.165, 1.54) is 10.9 Å². The number of hydrogen-bond acceptors (Lipinski definition) is 6. The fourth-order valence-electron chi connectivity index (χ4n) is 2.57. The second-order valence-corrected chi connectivity index (χ2v) is 5.46. The molecule has 0 saturated heterocycles. The highest BCUT2D eigenvalue weighted by molar-refractivity contribution is 5.94. The lowest BCUT2D eigenvalue weighted by Gasteiger charge is -2.17. The molecule has 0 aliphatic carbocycles. The van der Waals surface area contributed by atoms with E-state index < -0.39 is 11.8 Å². The molecule has 3 rings (SSSR count). The second-order valence-electron chi connectivity index (χ2n) is 5.46. The Kier molecular flexibility index (Phi) is 4.82. The highest BCUT2D eigenvalue weighted by Gasteiger charge is 2.23. The van der Waals surface area contributed by atoms with Crippen molar-refractivity contribution in [3.05, 3.63) is 71.3 Å². The van der Waals surface area contributed by atoms with E-state index in [9.17, 15) is 9.90 Å². The first-order valence-electron chi connectivity index (χ1n) is 7.70. The molecule has 0 saturated carbocycles. The molecule has 2 heterocycles. The number of benzene rings is 1. The summed E-state index contributed by atoms with van der Waals surface area (Å²) in [6.45, 7) is 0.186. The maximum atomic E-state index is 11.8. The monoisotopic (exact) mass is 338 g/mol. The van der Waals surface area contributed by atoms with E-state index in [1.54, 1.807) is 18.5 Å². The standard InChI is InChI=1S/C17H18N6O2/c18-8-11-2-4-12(5-3-11)14(10-24)15-13(16(19)25)9-20-17(22-15)23-7-1-6-21-23/h1-7,9,14,24H,8,10,18H2,(H2,19,25)/t14-/m1/s1. The van der Waals surface area contributed by atoms with Gasteiger partial charge >= 0.3 is 0 Å². The summed E-state index contributed by atoms with van der Waals surface area (Å²) in [5.74, 6) is -0.882. The Balaban J connectivity index is 2.10. The lowest BCUT2D eigenvalue weighted by atomic mass is 9.92. The Labute approximate surface area is 144 Å². The molecule has 8 nitrogen and oxygen atoms in total. The molecule has 0 radical (unpaired) electrons. The molecule has 128 valence electrons. The average Bonchev–Trinajstić information content (AvgIpc) is 3.17. The van der Waals surface area contributed by atoms with E-state index in [0.29, 0.717) is 18.2 Å². The predicted molar refractivity (Wildman–Crippen MR) is 90.9 cm³/mol. The fourth-order valence-corrected chi connectivity index (χ4v) is 2.57. The van der Waals surface area contributed by atoms with Crippen LogP contribution in [0.2, 0.25) is 0 Å². The molecule has 0 aliphatic heterocycles. The van der Waals surface area contributed by atoms with Gasteiger partial charge in [-0.05, 0) is 17.2 Å². The van der Waals surface area contributed by atoms with Crippen molar-refractivity contribution < 1.29 is 9.90 Å².